The third-order valence-electron chi connectivity index (χ3n) is 3.58. The first-order valence-corrected chi connectivity index (χ1v) is 6.53. The summed E-state index contributed by atoms with van der Waals surface area (Å²) in [6.45, 7) is 9.83. The van der Waals surface area contributed by atoms with E-state index in [0.717, 1.165) is 32.1 Å². The van der Waals surface area contributed by atoms with Gasteiger partial charge in [0.15, 0.2) is 0 Å². The Morgan fingerprint density at radius 1 is 1.40 bits per heavy atom. The number of unbranched alkanes of at least 4 members (excludes halogenated alkanes) is 1. The first-order valence-electron chi connectivity index (χ1n) is 6.53. The van der Waals surface area contributed by atoms with Gasteiger partial charge in [0.2, 0.25) is 0 Å². The van der Waals surface area contributed by atoms with Crippen LogP contribution in [0.15, 0.2) is 0 Å². The van der Waals surface area contributed by atoms with E-state index >= 15 is 0 Å². The second-order valence-corrected chi connectivity index (χ2v) is 5.16. The van der Waals surface area contributed by atoms with Gasteiger partial charge in [0.1, 0.15) is 0 Å². The largest absolute Gasteiger partial charge is 0.379 e. The molecule has 0 aromatic carbocycles. The Labute approximate surface area is 94.8 Å². The number of nitrogens with one attached hydrogen (secondary N) is 1. The molecule has 0 bridgehead atoms. The van der Waals surface area contributed by atoms with Crippen LogP contribution in [-0.2, 0) is 4.74 Å². The number of hydrogen-bond donors (Lipinski definition) is 1. The maximum absolute atomic E-state index is 5.44. The van der Waals surface area contributed by atoms with Crippen LogP contribution in [0.25, 0.3) is 0 Å². The van der Waals surface area contributed by atoms with Crippen molar-refractivity contribution < 1.29 is 4.74 Å². The second-order valence-electron chi connectivity index (χ2n) is 5.16. The maximum atomic E-state index is 5.44. The molecule has 90 valence electrons. The summed E-state index contributed by atoms with van der Waals surface area (Å²) in [7, 11) is 0. The molecule has 1 aliphatic rings. The van der Waals surface area contributed by atoms with E-state index in [9.17, 15) is 0 Å². The van der Waals surface area contributed by atoms with Gasteiger partial charge < -0.3 is 10.1 Å². The van der Waals surface area contributed by atoms with Crippen LogP contribution in [-0.4, -0.2) is 25.3 Å². The molecule has 1 fully saturated rings. The molecule has 1 saturated heterocycles. The molecule has 0 radical (unpaired) electrons. The van der Waals surface area contributed by atoms with Gasteiger partial charge in [0, 0.05) is 12.1 Å². The Hall–Kier alpha value is -0.0800. The summed E-state index contributed by atoms with van der Waals surface area (Å²) in [4.78, 5) is 0. The van der Waals surface area contributed by atoms with Gasteiger partial charge >= 0.3 is 0 Å². The Morgan fingerprint density at radius 2 is 2.20 bits per heavy atom. The molecule has 0 aromatic rings. The van der Waals surface area contributed by atoms with Crippen molar-refractivity contribution in [3.63, 3.8) is 0 Å². The summed E-state index contributed by atoms with van der Waals surface area (Å²) in [5.74, 6) is 0.849. The van der Waals surface area contributed by atoms with E-state index in [2.05, 4.69) is 26.1 Å². The van der Waals surface area contributed by atoms with Crippen molar-refractivity contribution >= 4 is 0 Å². The Kier molecular flexibility index (Phi) is 5.62. The van der Waals surface area contributed by atoms with Gasteiger partial charge in [-0.3, -0.25) is 0 Å². The smallest absolute Gasteiger partial charge is 0.0646 e. The summed E-state index contributed by atoms with van der Waals surface area (Å²) < 4.78 is 5.44. The zero-order chi connectivity index (χ0) is 11.1. The highest BCUT2D eigenvalue weighted by atomic mass is 16.5. The fraction of sp³-hybridized carbons (Fsp3) is 1.00. The molecule has 0 aromatic heterocycles. The molecule has 1 rings (SSSR count). The van der Waals surface area contributed by atoms with Crippen LogP contribution in [0.5, 0.6) is 0 Å². The lowest BCUT2D eigenvalue weighted by Gasteiger charge is -2.26. The van der Waals surface area contributed by atoms with Gasteiger partial charge in [-0.15, -0.1) is 0 Å². The molecule has 0 spiro atoms. The Balaban J connectivity index is 2.20. The van der Waals surface area contributed by atoms with Gasteiger partial charge in [-0.05, 0) is 32.2 Å². The standard InChI is InChI=1S/C13H27NO/c1-4-6-7-12(5-2)10-14-13(3)8-9-15-11-13/h12,14H,4-11H2,1-3H3. The van der Waals surface area contributed by atoms with Crippen LogP contribution in [0.1, 0.15) is 52.9 Å². The minimum absolute atomic E-state index is 0.250. The molecule has 2 heteroatoms. The third kappa shape index (κ3) is 4.52. The van der Waals surface area contributed by atoms with E-state index in [0.29, 0.717) is 0 Å². The van der Waals surface area contributed by atoms with Gasteiger partial charge in [0.05, 0.1) is 6.61 Å². The lowest BCUT2D eigenvalue weighted by atomic mass is 9.96. The van der Waals surface area contributed by atoms with Gasteiger partial charge in [-0.25, -0.2) is 0 Å². The lowest BCUT2D eigenvalue weighted by Crippen LogP contribution is -2.45. The monoisotopic (exact) mass is 213 g/mol. The summed E-state index contributed by atoms with van der Waals surface area (Å²) in [5.41, 5.74) is 0.250. The third-order valence-corrected chi connectivity index (χ3v) is 3.58. The number of ether oxygens (including phenoxy) is 1. The summed E-state index contributed by atoms with van der Waals surface area (Å²) in [6.07, 6.45) is 6.52. The average molecular weight is 213 g/mol. The molecular weight excluding hydrogens is 186 g/mol. The van der Waals surface area contributed by atoms with Crippen LogP contribution in [0.3, 0.4) is 0 Å². The fourth-order valence-corrected chi connectivity index (χ4v) is 2.14. The van der Waals surface area contributed by atoms with Crippen LogP contribution >= 0.6 is 0 Å². The SMILES string of the molecule is CCCCC(CC)CNC1(C)CCOC1. The molecule has 0 aliphatic carbocycles. The Morgan fingerprint density at radius 3 is 2.73 bits per heavy atom. The molecule has 1 N–H and O–H groups in total. The zero-order valence-corrected chi connectivity index (χ0v) is 10.6. The van der Waals surface area contributed by atoms with Crippen molar-refractivity contribution in [2.24, 2.45) is 5.92 Å². The minimum atomic E-state index is 0.250. The van der Waals surface area contributed by atoms with Crippen LogP contribution in [0.4, 0.5) is 0 Å². The summed E-state index contributed by atoms with van der Waals surface area (Å²) >= 11 is 0. The maximum Gasteiger partial charge on any atom is 0.0646 e. The molecule has 1 aliphatic heterocycles. The molecule has 0 amide bonds. The van der Waals surface area contributed by atoms with Crippen molar-refractivity contribution in [1.29, 1.82) is 0 Å². The molecule has 0 saturated carbocycles. The minimum Gasteiger partial charge on any atom is -0.379 e. The molecular formula is C13H27NO. The van der Waals surface area contributed by atoms with Crippen molar-refractivity contribution in [1.82, 2.24) is 5.32 Å². The molecule has 2 atom stereocenters. The quantitative estimate of drug-likeness (QED) is 0.702. The molecule has 2 unspecified atom stereocenters. The van der Waals surface area contributed by atoms with Gasteiger partial charge in [0.25, 0.3) is 0 Å². The van der Waals surface area contributed by atoms with Crippen molar-refractivity contribution in [2.75, 3.05) is 19.8 Å². The topological polar surface area (TPSA) is 21.3 Å². The van der Waals surface area contributed by atoms with E-state index in [1.807, 2.05) is 0 Å². The van der Waals surface area contributed by atoms with Crippen molar-refractivity contribution in [2.45, 2.75) is 58.4 Å². The van der Waals surface area contributed by atoms with Crippen LogP contribution < -0.4 is 5.32 Å². The molecule has 1 heterocycles. The zero-order valence-electron chi connectivity index (χ0n) is 10.6. The first kappa shape index (κ1) is 13.0. The van der Waals surface area contributed by atoms with Gasteiger partial charge in [-0.1, -0.05) is 33.1 Å². The molecule has 15 heavy (non-hydrogen) atoms. The molecule has 2 nitrogen and oxygen atoms in total. The number of hydrogen-bond acceptors (Lipinski definition) is 2. The average Bonchev–Trinajstić information content (AvgIpc) is 2.66. The van der Waals surface area contributed by atoms with E-state index in [1.54, 1.807) is 0 Å². The normalized spacial score (nSPS) is 28.2. The summed E-state index contributed by atoms with van der Waals surface area (Å²) in [6, 6.07) is 0. The van der Waals surface area contributed by atoms with Crippen molar-refractivity contribution in [3.8, 4) is 0 Å². The van der Waals surface area contributed by atoms with Crippen molar-refractivity contribution in [3.05, 3.63) is 0 Å². The first-order chi connectivity index (χ1) is 7.20. The van der Waals surface area contributed by atoms with Crippen LogP contribution in [0.2, 0.25) is 0 Å². The summed E-state index contributed by atoms with van der Waals surface area (Å²) in [5, 5.41) is 3.69. The van der Waals surface area contributed by atoms with E-state index in [4.69, 9.17) is 4.74 Å². The lowest BCUT2D eigenvalue weighted by molar-refractivity contribution is 0.169. The highest BCUT2D eigenvalue weighted by Gasteiger charge is 2.29. The van der Waals surface area contributed by atoms with E-state index in [1.165, 1.54) is 25.7 Å². The predicted octanol–water partition coefficient (Wildman–Crippen LogP) is 2.97. The fourth-order valence-electron chi connectivity index (χ4n) is 2.14. The van der Waals surface area contributed by atoms with E-state index < -0.39 is 0 Å². The predicted molar refractivity (Wildman–Crippen MR) is 65.1 cm³/mol. The Bertz CT molecular complexity index is 164. The van der Waals surface area contributed by atoms with Gasteiger partial charge in [-0.2, -0.15) is 0 Å². The van der Waals surface area contributed by atoms with E-state index in [-0.39, 0.29) is 5.54 Å². The highest BCUT2D eigenvalue weighted by molar-refractivity contribution is 4.87. The number of rotatable bonds is 7. The highest BCUT2D eigenvalue weighted by Crippen LogP contribution is 2.19. The second kappa shape index (κ2) is 6.49. The van der Waals surface area contributed by atoms with Crippen LogP contribution in [0, 0.1) is 5.92 Å².